The SMILES string of the molecule is c1ccc2c(c1)Sc1ccccc1C21c2ccccc2-c2cc(N(c3ccc(-c4ccc5ccccc5c4)cc3)c3ccc4c(c3)-c3ccccc3C43c4ccccc4Sc4ccccc43)ccc21. The Labute approximate surface area is 410 Å². The normalized spacial score (nSPS) is 14.5. The van der Waals surface area contributed by atoms with Crippen LogP contribution in [0.4, 0.5) is 17.1 Å². The van der Waals surface area contributed by atoms with Crippen LogP contribution >= 0.6 is 23.5 Å². The molecule has 0 saturated carbocycles. The molecule has 2 aliphatic heterocycles. The summed E-state index contributed by atoms with van der Waals surface area (Å²) in [6.07, 6.45) is 0. The van der Waals surface area contributed by atoms with E-state index in [0.29, 0.717) is 0 Å². The van der Waals surface area contributed by atoms with Crippen molar-refractivity contribution in [3.63, 3.8) is 0 Å². The van der Waals surface area contributed by atoms with E-state index in [1.54, 1.807) is 0 Å². The van der Waals surface area contributed by atoms with Crippen molar-refractivity contribution >= 4 is 51.4 Å². The molecule has 11 aromatic rings. The number of rotatable bonds is 4. The van der Waals surface area contributed by atoms with Crippen molar-refractivity contribution in [3.8, 4) is 33.4 Å². The Morgan fingerprint density at radius 2 is 0.609 bits per heavy atom. The molecule has 2 spiro atoms. The smallest absolute Gasteiger partial charge is 0.0735 e. The Morgan fingerprint density at radius 1 is 0.246 bits per heavy atom. The highest BCUT2D eigenvalue weighted by atomic mass is 32.2. The van der Waals surface area contributed by atoms with E-state index >= 15 is 0 Å². The van der Waals surface area contributed by atoms with Crippen LogP contribution in [0.1, 0.15) is 44.5 Å². The lowest BCUT2D eigenvalue weighted by Crippen LogP contribution is -2.32. The molecule has 0 atom stereocenters. The van der Waals surface area contributed by atoms with E-state index in [1.165, 1.54) is 108 Å². The third-order valence-electron chi connectivity index (χ3n) is 15.4. The molecule has 11 aromatic carbocycles. The maximum atomic E-state index is 2.49. The molecule has 0 fully saturated rings. The molecule has 2 aliphatic carbocycles. The first-order chi connectivity index (χ1) is 34.2. The lowest BCUT2D eigenvalue weighted by Gasteiger charge is -2.40. The zero-order valence-corrected chi connectivity index (χ0v) is 39.1. The van der Waals surface area contributed by atoms with Crippen LogP contribution in [-0.2, 0) is 10.8 Å². The van der Waals surface area contributed by atoms with Gasteiger partial charge in [0.05, 0.1) is 10.8 Å². The summed E-state index contributed by atoms with van der Waals surface area (Å²) in [6, 6.07) is 93.7. The average Bonchev–Trinajstić information content (AvgIpc) is 3.86. The Kier molecular flexibility index (Phi) is 8.43. The van der Waals surface area contributed by atoms with E-state index in [-0.39, 0.29) is 0 Å². The topological polar surface area (TPSA) is 3.24 Å². The summed E-state index contributed by atoms with van der Waals surface area (Å²) in [5.41, 5.74) is 20.7. The van der Waals surface area contributed by atoms with E-state index < -0.39 is 10.8 Å². The molecule has 0 N–H and O–H groups in total. The van der Waals surface area contributed by atoms with Crippen LogP contribution in [0.5, 0.6) is 0 Å². The predicted octanol–water partition coefficient (Wildman–Crippen LogP) is 17.6. The van der Waals surface area contributed by atoms with Gasteiger partial charge in [-0.2, -0.15) is 0 Å². The van der Waals surface area contributed by atoms with E-state index in [1.807, 2.05) is 23.5 Å². The second-order valence-electron chi connectivity index (χ2n) is 18.7. The molecule has 0 saturated heterocycles. The van der Waals surface area contributed by atoms with Crippen molar-refractivity contribution in [2.75, 3.05) is 4.90 Å². The molecule has 0 aromatic heterocycles. The van der Waals surface area contributed by atoms with Crippen LogP contribution in [-0.4, -0.2) is 0 Å². The number of hydrogen-bond acceptors (Lipinski definition) is 3. The van der Waals surface area contributed by atoms with Gasteiger partial charge in [-0.3, -0.25) is 0 Å². The summed E-state index contributed by atoms with van der Waals surface area (Å²) in [7, 11) is 0. The molecule has 3 heteroatoms. The van der Waals surface area contributed by atoms with Gasteiger partial charge in [-0.25, -0.2) is 0 Å². The van der Waals surface area contributed by atoms with Gasteiger partial charge in [0.25, 0.3) is 0 Å². The number of hydrogen-bond donors (Lipinski definition) is 0. The Balaban J connectivity index is 0.956. The van der Waals surface area contributed by atoms with Crippen LogP contribution in [0.3, 0.4) is 0 Å². The van der Waals surface area contributed by atoms with Crippen LogP contribution in [0.25, 0.3) is 44.2 Å². The lowest BCUT2D eigenvalue weighted by atomic mass is 9.67. The standard InChI is InChI=1S/C66H41NS2/c1-2-16-44-39-45(30-29-42(44)15-1)43-31-33-46(34-32-43)67(47-35-37-55-51(40-47)49-17-3-5-19-53(49)65(55)57-21-7-11-25-61(57)68-62-26-12-8-22-58(62)65)48-36-38-56-52(41-48)50-18-4-6-20-54(50)66(56)59-23-9-13-27-63(59)69-64-28-14-10-24-60(64)66/h1-41H. The monoisotopic (exact) mass is 911 g/mol. The van der Waals surface area contributed by atoms with Crippen molar-refractivity contribution in [1.29, 1.82) is 0 Å². The van der Waals surface area contributed by atoms with Gasteiger partial charge in [0, 0.05) is 36.6 Å². The lowest BCUT2D eigenvalue weighted by molar-refractivity contribution is 0.722. The van der Waals surface area contributed by atoms with Gasteiger partial charge in [-0.15, -0.1) is 0 Å². The first-order valence-electron chi connectivity index (χ1n) is 23.8. The van der Waals surface area contributed by atoms with Gasteiger partial charge >= 0.3 is 0 Å². The molecule has 4 aliphatic rings. The molecule has 2 heterocycles. The fraction of sp³-hybridized carbons (Fsp3) is 0.0303. The molecule has 0 amide bonds. The first-order valence-corrected chi connectivity index (χ1v) is 25.4. The molecule has 69 heavy (non-hydrogen) atoms. The summed E-state index contributed by atoms with van der Waals surface area (Å²) < 4.78 is 0. The summed E-state index contributed by atoms with van der Waals surface area (Å²) in [4.78, 5) is 7.75. The van der Waals surface area contributed by atoms with Crippen molar-refractivity contribution in [1.82, 2.24) is 0 Å². The average molecular weight is 912 g/mol. The minimum Gasteiger partial charge on any atom is -0.310 e. The van der Waals surface area contributed by atoms with Gasteiger partial charge in [0.1, 0.15) is 0 Å². The molecule has 322 valence electrons. The first kappa shape index (κ1) is 39.2. The zero-order chi connectivity index (χ0) is 45.3. The number of fused-ring (bicyclic) bond motifs is 19. The fourth-order valence-corrected chi connectivity index (χ4v) is 15.0. The van der Waals surface area contributed by atoms with Gasteiger partial charge in [-0.05, 0) is 155 Å². The quantitative estimate of drug-likeness (QED) is 0.173. The Bertz CT molecular complexity index is 3650. The minimum absolute atomic E-state index is 0.439. The molecule has 0 unspecified atom stereocenters. The maximum absolute atomic E-state index is 2.49. The number of nitrogens with zero attached hydrogens (tertiary/aromatic N) is 1. The predicted molar refractivity (Wildman–Crippen MR) is 287 cm³/mol. The number of anilines is 3. The minimum atomic E-state index is -0.439. The van der Waals surface area contributed by atoms with E-state index in [4.69, 9.17) is 0 Å². The Hall–Kier alpha value is -7.82. The van der Waals surface area contributed by atoms with E-state index in [0.717, 1.165) is 17.1 Å². The largest absolute Gasteiger partial charge is 0.310 e. The molecular formula is C66H41NS2. The van der Waals surface area contributed by atoms with Crippen molar-refractivity contribution in [3.05, 3.63) is 293 Å². The third kappa shape index (κ3) is 5.40. The summed E-state index contributed by atoms with van der Waals surface area (Å²) >= 11 is 3.78. The second kappa shape index (κ2) is 14.8. The second-order valence-corrected chi connectivity index (χ2v) is 20.9. The van der Waals surface area contributed by atoms with Crippen LogP contribution in [0.15, 0.2) is 268 Å². The van der Waals surface area contributed by atoms with Crippen LogP contribution < -0.4 is 4.90 Å². The third-order valence-corrected chi connectivity index (χ3v) is 17.7. The zero-order valence-electron chi connectivity index (χ0n) is 37.4. The van der Waals surface area contributed by atoms with Crippen LogP contribution in [0, 0.1) is 0 Å². The van der Waals surface area contributed by atoms with Crippen molar-refractivity contribution in [2.45, 2.75) is 30.4 Å². The summed E-state index contributed by atoms with van der Waals surface area (Å²) in [5, 5.41) is 2.50. The molecular weight excluding hydrogens is 871 g/mol. The summed E-state index contributed by atoms with van der Waals surface area (Å²) in [6.45, 7) is 0. The Morgan fingerprint density at radius 3 is 1.09 bits per heavy atom. The summed E-state index contributed by atoms with van der Waals surface area (Å²) in [5.74, 6) is 0. The van der Waals surface area contributed by atoms with Gasteiger partial charge in [0.2, 0.25) is 0 Å². The molecule has 0 radical (unpaired) electrons. The molecule has 1 nitrogen and oxygen atoms in total. The highest BCUT2D eigenvalue weighted by Gasteiger charge is 2.52. The van der Waals surface area contributed by atoms with Gasteiger partial charge < -0.3 is 4.90 Å². The van der Waals surface area contributed by atoms with E-state index in [9.17, 15) is 0 Å². The van der Waals surface area contributed by atoms with Crippen molar-refractivity contribution in [2.24, 2.45) is 0 Å². The van der Waals surface area contributed by atoms with Crippen molar-refractivity contribution < 1.29 is 0 Å². The van der Waals surface area contributed by atoms with Crippen LogP contribution in [0.2, 0.25) is 0 Å². The van der Waals surface area contributed by atoms with Gasteiger partial charge in [0.15, 0.2) is 0 Å². The molecule has 15 rings (SSSR count). The highest BCUT2D eigenvalue weighted by Crippen LogP contribution is 2.65. The van der Waals surface area contributed by atoms with E-state index in [2.05, 4.69) is 254 Å². The maximum Gasteiger partial charge on any atom is 0.0735 e. The number of benzene rings is 11. The van der Waals surface area contributed by atoms with Gasteiger partial charge in [-0.1, -0.05) is 206 Å². The fourth-order valence-electron chi connectivity index (χ4n) is 12.6. The molecule has 0 bridgehead atoms. The highest BCUT2D eigenvalue weighted by molar-refractivity contribution is 7.99.